The number of nitrogens with one attached hydrogen (secondary N) is 1. The number of piperidine rings is 2. The number of fused-ring (bicyclic) bond motifs is 3. The molecule has 2 saturated heterocycles. The van der Waals surface area contributed by atoms with E-state index in [1.165, 1.54) is 19.3 Å². The molecule has 2 bridgehead atoms. The van der Waals surface area contributed by atoms with Crippen LogP contribution >= 0.6 is 0 Å². The Balaban J connectivity index is 1.63. The zero-order chi connectivity index (χ0) is 13.5. The number of carbonyl (C=O) groups excluding carboxylic acids is 1. The Hall–Kier alpha value is -1.75. The molecule has 2 aliphatic rings. The van der Waals surface area contributed by atoms with Crippen molar-refractivity contribution in [3.8, 4) is 0 Å². The van der Waals surface area contributed by atoms with Crippen molar-refractivity contribution < 1.29 is 4.79 Å². The highest BCUT2D eigenvalue weighted by Crippen LogP contribution is 2.31. The minimum absolute atomic E-state index is 0.139. The van der Waals surface area contributed by atoms with Crippen molar-refractivity contribution in [1.82, 2.24) is 19.7 Å². The molecule has 4 heterocycles. The molecular weight excluding hydrogens is 252 g/mol. The molecule has 20 heavy (non-hydrogen) atoms. The second-order valence-electron chi connectivity index (χ2n) is 5.97. The number of imidazole rings is 1. The van der Waals surface area contributed by atoms with Crippen LogP contribution in [0.3, 0.4) is 0 Å². The average Bonchev–Trinajstić information content (AvgIpc) is 2.90. The highest BCUT2D eigenvalue weighted by atomic mass is 16.1. The SMILES string of the molecule is O=C(c1cnc2cnccn12)C1CC2CCCC(C1)N2. The van der Waals surface area contributed by atoms with Gasteiger partial charge >= 0.3 is 0 Å². The van der Waals surface area contributed by atoms with Crippen molar-refractivity contribution in [3.63, 3.8) is 0 Å². The molecule has 5 nitrogen and oxygen atoms in total. The number of hydrogen-bond donors (Lipinski definition) is 1. The van der Waals surface area contributed by atoms with Gasteiger partial charge in [0.1, 0.15) is 5.69 Å². The number of rotatable bonds is 2. The van der Waals surface area contributed by atoms with Crippen LogP contribution in [-0.4, -0.2) is 32.2 Å². The highest BCUT2D eigenvalue weighted by molar-refractivity contribution is 5.97. The van der Waals surface area contributed by atoms with Crippen LogP contribution < -0.4 is 5.32 Å². The molecular formula is C15H18N4O. The largest absolute Gasteiger partial charge is 0.311 e. The fourth-order valence-electron chi connectivity index (χ4n) is 3.71. The molecule has 0 amide bonds. The van der Waals surface area contributed by atoms with Gasteiger partial charge in [-0.05, 0) is 25.7 Å². The molecule has 2 unspecified atom stereocenters. The fraction of sp³-hybridized carbons (Fsp3) is 0.533. The van der Waals surface area contributed by atoms with E-state index in [0.717, 1.165) is 18.5 Å². The third kappa shape index (κ3) is 1.93. The molecule has 2 aliphatic heterocycles. The van der Waals surface area contributed by atoms with Crippen molar-refractivity contribution in [2.24, 2.45) is 5.92 Å². The molecule has 2 aromatic rings. The standard InChI is InChI=1S/C15H18N4O/c20-15(10-6-11-2-1-3-12(7-10)18-11)13-8-17-14-9-16-4-5-19(13)14/h4-5,8-12,18H,1-3,6-7H2. The smallest absolute Gasteiger partial charge is 0.184 e. The van der Waals surface area contributed by atoms with Gasteiger partial charge in [-0.15, -0.1) is 0 Å². The first-order chi connectivity index (χ1) is 9.81. The first-order valence-electron chi connectivity index (χ1n) is 7.38. The van der Waals surface area contributed by atoms with E-state index in [1.807, 2.05) is 10.6 Å². The normalized spacial score (nSPS) is 29.5. The van der Waals surface area contributed by atoms with Gasteiger partial charge in [0.05, 0.1) is 12.4 Å². The molecule has 104 valence electrons. The van der Waals surface area contributed by atoms with Gasteiger partial charge in [0.2, 0.25) is 0 Å². The van der Waals surface area contributed by atoms with Crippen LogP contribution in [-0.2, 0) is 0 Å². The fourth-order valence-corrected chi connectivity index (χ4v) is 3.71. The molecule has 0 radical (unpaired) electrons. The minimum Gasteiger partial charge on any atom is -0.311 e. The van der Waals surface area contributed by atoms with Crippen LogP contribution in [0, 0.1) is 5.92 Å². The van der Waals surface area contributed by atoms with E-state index in [9.17, 15) is 4.79 Å². The van der Waals surface area contributed by atoms with Gasteiger partial charge in [-0.25, -0.2) is 4.98 Å². The zero-order valence-electron chi connectivity index (χ0n) is 11.3. The van der Waals surface area contributed by atoms with Crippen molar-refractivity contribution >= 4 is 11.4 Å². The Kier molecular flexibility index (Phi) is 2.80. The Labute approximate surface area is 117 Å². The van der Waals surface area contributed by atoms with Gasteiger partial charge in [0, 0.05) is 30.4 Å². The van der Waals surface area contributed by atoms with Crippen molar-refractivity contribution in [2.45, 2.75) is 44.2 Å². The molecule has 0 spiro atoms. The summed E-state index contributed by atoms with van der Waals surface area (Å²) in [6, 6.07) is 1.05. The molecule has 0 aromatic carbocycles. The predicted octanol–water partition coefficient (Wildman–Crippen LogP) is 1.83. The molecule has 2 aromatic heterocycles. The van der Waals surface area contributed by atoms with Gasteiger partial charge in [0.15, 0.2) is 11.4 Å². The minimum atomic E-state index is 0.139. The molecule has 5 heteroatoms. The number of hydrogen-bond acceptors (Lipinski definition) is 4. The molecule has 1 N–H and O–H groups in total. The molecule has 2 atom stereocenters. The van der Waals surface area contributed by atoms with E-state index in [-0.39, 0.29) is 11.7 Å². The Morgan fingerprint density at radius 2 is 2.05 bits per heavy atom. The van der Waals surface area contributed by atoms with E-state index in [2.05, 4.69) is 15.3 Å². The molecule has 4 rings (SSSR count). The van der Waals surface area contributed by atoms with Crippen LogP contribution in [0.15, 0.2) is 24.8 Å². The van der Waals surface area contributed by atoms with Gasteiger partial charge < -0.3 is 5.32 Å². The first-order valence-corrected chi connectivity index (χ1v) is 7.38. The maximum Gasteiger partial charge on any atom is 0.184 e. The Morgan fingerprint density at radius 3 is 2.85 bits per heavy atom. The van der Waals surface area contributed by atoms with E-state index in [0.29, 0.717) is 17.8 Å². The van der Waals surface area contributed by atoms with Crippen LogP contribution in [0.5, 0.6) is 0 Å². The summed E-state index contributed by atoms with van der Waals surface area (Å²) in [7, 11) is 0. The van der Waals surface area contributed by atoms with Gasteiger partial charge in [-0.1, -0.05) is 6.42 Å². The Morgan fingerprint density at radius 1 is 1.25 bits per heavy atom. The average molecular weight is 270 g/mol. The van der Waals surface area contributed by atoms with E-state index >= 15 is 0 Å². The van der Waals surface area contributed by atoms with Crippen LogP contribution in [0.25, 0.3) is 5.65 Å². The highest BCUT2D eigenvalue weighted by Gasteiger charge is 2.35. The van der Waals surface area contributed by atoms with Gasteiger partial charge in [-0.2, -0.15) is 0 Å². The van der Waals surface area contributed by atoms with E-state index in [1.54, 1.807) is 18.6 Å². The lowest BCUT2D eigenvalue weighted by Crippen LogP contribution is -2.50. The summed E-state index contributed by atoms with van der Waals surface area (Å²) in [4.78, 5) is 21.1. The number of Topliss-reactive ketones (excluding diaryl/α,β-unsaturated/α-hetero) is 1. The summed E-state index contributed by atoms with van der Waals surface area (Å²) >= 11 is 0. The second-order valence-corrected chi connectivity index (χ2v) is 5.97. The van der Waals surface area contributed by atoms with E-state index < -0.39 is 0 Å². The number of carbonyl (C=O) groups is 1. The van der Waals surface area contributed by atoms with Crippen LogP contribution in [0.2, 0.25) is 0 Å². The van der Waals surface area contributed by atoms with Crippen LogP contribution in [0.1, 0.15) is 42.6 Å². The summed E-state index contributed by atoms with van der Waals surface area (Å²) in [5, 5.41) is 3.64. The van der Waals surface area contributed by atoms with Gasteiger partial charge in [-0.3, -0.25) is 14.2 Å². The number of nitrogens with zero attached hydrogens (tertiary/aromatic N) is 3. The maximum atomic E-state index is 12.8. The summed E-state index contributed by atoms with van der Waals surface area (Å²) in [5.41, 5.74) is 1.44. The maximum absolute atomic E-state index is 12.8. The van der Waals surface area contributed by atoms with Gasteiger partial charge in [0.25, 0.3) is 0 Å². The summed E-state index contributed by atoms with van der Waals surface area (Å²) in [5.74, 6) is 0.377. The molecule has 0 aliphatic carbocycles. The summed E-state index contributed by atoms with van der Waals surface area (Å²) < 4.78 is 1.85. The van der Waals surface area contributed by atoms with Crippen molar-refractivity contribution in [3.05, 3.63) is 30.5 Å². The monoisotopic (exact) mass is 270 g/mol. The van der Waals surface area contributed by atoms with Crippen molar-refractivity contribution in [1.29, 1.82) is 0 Å². The van der Waals surface area contributed by atoms with E-state index in [4.69, 9.17) is 0 Å². The third-order valence-electron chi connectivity index (χ3n) is 4.66. The lowest BCUT2D eigenvalue weighted by molar-refractivity contribution is 0.0819. The number of aromatic nitrogens is 3. The molecule has 2 fully saturated rings. The predicted molar refractivity (Wildman–Crippen MR) is 74.6 cm³/mol. The third-order valence-corrected chi connectivity index (χ3v) is 4.66. The lowest BCUT2D eigenvalue weighted by Gasteiger charge is -2.39. The second kappa shape index (κ2) is 4.66. The lowest BCUT2D eigenvalue weighted by atomic mass is 9.78. The van der Waals surface area contributed by atoms with Crippen LogP contribution in [0.4, 0.5) is 0 Å². The summed E-state index contributed by atoms with van der Waals surface area (Å²) in [6.45, 7) is 0. The summed E-state index contributed by atoms with van der Waals surface area (Å²) in [6.07, 6.45) is 12.5. The molecule has 0 saturated carbocycles. The zero-order valence-corrected chi connectivity index (χ0v) is 11.3. The quantitative estimate of drug-likeness (QED) is 0.846. The topological polar surface area (TPSA) is 59.3 Å². The van der Waals surface area contributed by atoms with Crippen molar-refractivity contribution in [2.75, 3.05) is 0 Å². The first kappa shape index (κ1) is 12.0. The Bertz CT molecular complexity index is 638. The number of ketones is 1.